The van der Waals surface area contributed by atoms with E-state index in [1.165, 1.54) is 7.11 Å². The molecule has 1 fully saturated rings. The highest BCUT2D eigenvalue weighted by Gasteiger charge is 2.34. The van der Waals surface area contributed by atoms with Gasteiger partial charge in [0.25, 0.3) is 0 Å². The van der Waals surface area contributed by atoms with Crippen molar-refractivity contribution in [2.75, 3.05) is 25.5 Å². The molecule has 3 aromatic heterocycles. The molecule has 34 heavy (non-hydrogen) atoms. The molecule has 0 atom stereocenters. The van der Waals surface area contributed by atoms with Crippen LogP contribution < -0.4 is 10.1 Å². The number of imidazole rings is 1. The molecule has 1 aliphatic heterocycles. The fourth-order valence-corrected chi connectivity index (χ4v) is 4.42. The van der Waals surface area contributed by atoms with Crippen LogP contribution in [0.25, 0.3) is 22.2 Å². The molecule has 3 N–H and O–H groups in total. The number of carbonyl (C=O) groups excluding carboxylic acids is 1. The third kappa shape index (κ3) is 4.32. The number of hydrogen-bond donors (Lipinski definition) is 3. The summed E-state index contributed by atoms with van der Waals surface area (Å²) in [7, 11) is 3.38. The Morgan fingerprint density at radius 3 is 2.68 bits per heavy atom. The van der Waals surface area contributed by atoms with E-state index < -0.39 is 5.60 Å². The molecule has 0 bridgehead atoms. The third-order valence-electron chi connectivity index (χ3n) is 6.28. The summed E-state index contributed by atoms with van der Waals surface area (Å²) < 4.78 is 7.08. The van der Waals surface area contributed by atoms with Gasteiger partial charge in [0.2, 0.25) is 11.8 Å². The number of aliphatic hydroxyl groups is 1. The van der Waals surface area contributed by atoms with Gasteiger partial charge in [0.05, 0.1) is 18.9 Å². The van der Waals surface area contributed by atoms with Crippen LogP contribution in [0.4, 0.5) is 10.7 Å². The minimum absolute atomic E-state index is 0.268. The molecule has 2 amide bonds. The molecule has 0 aliphatic carbocycles. The number of piperidine rings is 1. The summed E-state index contributed by atoms with van der Waals surface area (Å²) in [5, 5.41) is 18.1. The maximum Gasteiger partial charge on any atom is 0.324 e. The van der Waals surface area contributed by atoms with Crippen molar-refractivity contribution in [1.82, 2.24) is 29.6 Å². The number of rotatable bonds is 5. The van der Waals surface area contributed by atoms with Crippen molar-refractivity contribution in [1.29, 1.82) is 0 Å². The largest absolute Gasteiger partial charge is 0.479 e. The standard InChI is InChI=1S/C24H27N7O3/c1-30-15-17(13-26-30)18-14-25-21(34-2)20-19(18)27-22(28-20)29-23(32)31-10-8-24(33,9-11-31)12-16-6-4-3-5-7-16/h3-7,13-15,33H,8-12H2,1-2H3,(H2,27,28,29,32). The van der Waals surface area contributed by atoms with Gasteiger partial charge < -0.3 is 19.7 Å². The first-order valence-electron chi connectivity index (χ1n) is 11.2. The summed E-state index contributed by atoms with van der Waals surface area (Å²) in [5.74, 6) is 0.696. The summed E-state index contributed by atoms with van der Waals surface area (Å²) in [5.41, 5.74) is 3.15. The van der Waals surface area contributed by atoms with Crippen molar-refractivity contribution in [2.24, 2.45) is 7.05 Å². The molecular formula is C24H27N7O3. The first kappa shape index (κ1) is 21.9. The van der Waals surface area contributed by atoms with Crippen LogP contribution in [-0.2, 0) is 13.5 Å². The average molecular weight is 462 g/mol. The van der Waals surface area contributed by atoms with Crippen LogP contribution in [-0.4, -0.2) is 66.6 Å². The van der Waals surface area contributed by atoms with Crippen molar-refractivity contribution in [2.45, 2.75) is 24.9 Å². The first-order valence-corrected chi connectivity index (χ1v) is 11.2. The Balaban J connectivity index is 1.30. The molecule has 4 aromatic rings. The highest BCUT2D eigenvalue weighted by Crippen LogP contribution is 2.32. The van der Waals surface area contributed by atoms with Crippen LogP contribution in [0.5, 0.6) is 5.88 Å². The van der Waals surface area contributed by atoms with Gasteiger partial charge in [0.1, 0.15) is 11.0 Å². The lowest BCUT2D eigenvalue weighted by molar-refractivity contribution is -0.0105. The van der Waals surface area contributed by atoms with Gasteiger partial charge >= 0.3 is 6.03 Å². The topological polar surface area (TPSA) is 121 Å². The van der Waals surface area contributed by atoms with Gasteiger partial charge in [0, 0.05) is 50.1 Å². The number of nitrogens with one attached hydrogen (secondary N) is 2. The van der Waals surface area contributed by atoms with Crippen molar-refractivity contribution in [3.05, 3.63) is 54.5 Å². The molecule has 10 nitrogen and oxygen atoms in total. The number of amides is 2. The molecule has 0 saturated carbocycles. The number of H-pyrrole nitrogens is 1. The fraction of sp³-hybridized carbons (Fsp3) is 0.333. The maximum absolute atomic E-state index is 12.9. The van der Waals surface area contributed by atoms with Crippen LogP contribution in [0.15, 0.2) is 48.9 Å². The number of hydrogen-bond acceptors (Lipinski definition) is 6. The zero-order valence-corrected chi connectivity index (χ0v) is 19.2. The molecule has 4 heterocycles. The summed E-state index contributed by atoms with van der Waals surface area (Å²) in [6, 6.07) is 9.67. The number of aryl methyl sites for hydroxylation is 1. The number of ether oxygens (including phenoxy) is 1. The Morgan fingerprint density at radius 1 is 1.24 bits per heavy atom. The lowest BCUT2D eigenvalue weighted by Crippen LogP contribution is -2.49. The molecule has 0 unspecified atom stereocenters. The SMILES string of the molecule is COc1ncc(-c2cnn(C)c2)c2nc(NC(=O)N3CCC(O)(Cc4ccccc4)CC3)[nH]c12. The number of likely N-dealkylation sites (tertiary alicyclic amines) is 1. The number of aromatic nitrogens is 5. The van der Waals surface area contributed by atoms with Gasteiger partial charge in [0.15, 0.2) is 0 Å². The number of urea groups is 1. The highest BCUT2D eigenvalue weighted by molar-refractivity contribution is 5.97. The van der Waals surface area contributed by atoms with Crippen molar-refractivity contribution in [3.63, 3.8) is 0 Å². The van der Waals surface area contributed by atoms with Crippen LogP contribution in [0.3, 0.4) is 0 Å². The van der Waals surface area contributed by atoms with Crippen LogP contribution in [0.1, 0.15) is 18.4 Å². The molecule has 176 valence electrons. The van der Waals surface area contributed by atoms with Gasteiger partial charge in [-0.3, -0.25) is 10.00 Å². The Bertz CT molecular complexity index is 1310. The van der Waals surface area contributed by atoms with E-state index >= 15 is 0 Å². The van der Waals surface area contributed by atoms with Crippen molar-refractivity contribution >= 4 is 23.0 Å². The third-order valence-corrected chi connectivity index (χ3v) is 6.28. The maximum atomic E-state index is 12.9. The Hall–Kier alpha value is -3.92. The fourth-order valence-electron chi connectivity index (χ4n) is 4.42. The molecule has 0 spiro atoms. The molecule has 5 rings (SSSR count). The lowest BCUT2D eigenvalue weighted by Gasteiger charge is -2.38. The van der Waals surface area contributed by atoms with Gasteiger partial charge in [-0.2, -0.15) is 5.10 Å². The number of fused-ring (bicyclic) bond motifs is 1. The number of carbonyl (C=O) groups is 1. The van der Waals surface area contributed by atoms with E-state index in [2.05, 4.69) is 25.4 Å². The van der Waals surface area contributed by atoms with Gasteiger partial charge in [-0.15, -0.1) is 0 Å². The van der Waals surface area contributed by atoms with Crippen molar-refractivity contribution in [3.8, 4) is 17.0 Å². The predicted octanol–water partition coefficient (Wildman–Crippen LogP) is 2.97. The minimum Gasteiger partial charge on any atom is -0.479 e. The van der Waals surface area contributed by atoms with Gasteiger partial charge in [-0.05, 0) is 18.4 Å². The van der Waals surface area contributed by atoms with Crippen LogP contribution >= 0.6 is 0 Å². The summed E-state index contributed by atoms with van der Waals surface area (Å²) in [4.78, 5) is 26.7. The first-order chi connectivity index (χ1) is 16.4. The van der Waals surface area contributed by atoms with E-state index in [1.54, 1.807) is 22.0 Å². The normalized spacial score (nSPS) is 15.4. The molecule has 0 radical (unpaired) electrons. The van der Waals surface area contributed by atoms with E-state index in [-0.39, 0.29) is 6.03 Å². The molecule has 10 heteroatoms. The number of nitrogens with zero attached hydrogens (tertiary/aromatic N) is 5. The monoisotopic (exact) mass is 461 g/mol. The smallest absolute Gasteiger partial charge is 0.324 e. The second-order valence-electron chi connectivity index (χ2n) is 8.70. The zero-order valence-electron chi connectivity index (χ0n) is 19.2. The highest BCUT2D eigenvalue weighted by atomic mass is 16.5. The lowest BCUT2D eigenvalue weighted by atomic mass is 9.85. The Kier molecular flexibility index (Phi) is 5.66. The number of benzene rings is 1. The molecule has 1 saturated heterocycles. The van der Waals surface area contributed by atoms with Crippen LogP contribution in [0, 0.1) is 0 Å². The molecule has 1 aromatic carbocycles. The minimum atomic E-state index is -0.810. The van der Waals surface area contributed by atoms with Gasteiger partial charge in [-0.1, -0.05) is 30.3 Å². The number of methoxy groups -OCH3 is 1. The number of pyridine rings is 1. The molecule has 1 aliphatic rings. The summed E-state index contributed by atoms with van der Waals surface area (Å²) in [6.07, 6.45) is 6.90. The van der Waals surface area contributed by atoms with E-state index in [1.807, 2.05) is 43.6 Å². The quantitative estimate of drug-likeness (QED) is 0.420. The summed E-state index contributed by atoms with van der Waals surface area (Å²) >= 11 is 0. The van der Waals surface area contributed by atoms with E-state index in [4.69, 9.17) is 4.74 Å². The zero-order chi connectivity index (χ0) is 23.7. The van der Waals surface area contributed by atoms with Gasteiger partial charge in [-0.25, -0.2) is 14.8 Å². The second-order valence-corrected chi connectivity index (χ2v) is 8.70. The Labute approximate surface area is 196 Å². The van der Waals surface area contributed by atoms with Crippen molar-refractivity contribution < 1.29 is 14.6 Å². The van der Waals surface area contributed by atoms with E-state index in [9.17, 15) is 9.90 Å². The Morgan fingerprint density at radius 2 is 2.00 bits per heavy atom. The van der Waals surface area contributed by atoms with E-state index in [0.29, 0.717) is 55.2 Å². The molecular weight excluding hydrogens is 434 g/mol. The predicted molar refractivity (Wildman–Crippen MR) is 128 cm³/mol. The van der Waals surface area contributed by atoms with E-state index in [0.717, 1.165) is 16.7 Å². The number of anilines is 1. The van der Waals surface area contributed by atoms with Crippen LogP contribution in [0.2, 0.25) is 0 Å². The summed E-state index contributed by atoms with van der Waals surface area (Å²) in [6.45, 7) is 0.919. The average Bonchev–Trinajstić information content (AvgIpc) is 3.45. The second kappa shape index (κ2) is 8.79. The number of aromatic amines is 1.